The summed E-state index contributed by atoms with van der Waals surface area (Å²) >= 11 is 0. The number of carbonyl (C=O) groups excluding carboxylic acids is 2. The molecule has 6 aromatic rings. The minimum atomic E-state index is -1.01. The molecule has 8 nitrogen and oxygen atoms in total. The smallest absolute Gasteiger partial charge is 0.343 e. The summed E-state index contributed by atoms with van der Waals surface area (Å²) in [7, 11) is 0. The number of carbonyl (C=O) groups is 4. The molecule has 8 heteroatoms. The number of hydrogen-bond donors (Lipinski definition) is 2. The number of carboxylic acids is 2. The molecule has 0 aliphatic rings. The predicted octanol–water partition coefficient (Wildman–Crippen LogP) is 11.4. The summed E-state index contributed by atoms with van der Waals surface area (Å²) in [6.07, 6.45) is 0. The van der Waals surface area contributed by atoms with Gasteiger partial charge in [0, 0.05) is 5.56 Å². The van der Waals surface area contributed by atoms with E-state index in [0.29, 0.717) is 22.3 Å². The zero-order valence-corrected chi connectivity index (χ0v) is 32.2. The molecule has 0 unspecified atom stereocenters. The molecular weight excluding hydrogens is 705 g/mol. The summed E-state index contributed by atoms with van der Waals surface area (Å²) in [4.78, 5) is 48.9. The number of carboxylic acid groups (broad SMARTS) is 2. The lowest BCUT2D eigenvalue weighted by atomic mass is 9.84. The maximum absolute atomic E-state index is 12.8. The average molecular weight is 749 g/mol. The Bertz CT molecular complexity index is 2290. The van der Waals surface area contributed by atoms with Crippen molar-refractivity contribution in [3.8, 4) is 33.8 Å². The number of aryl methyl sites for hydroxylation is 2. The van der Waals surface area contributed by atoms with Crippen LogP contribution in [0, 0.1) is 13.8 Å². The highest BCUT2D eigenvalue weighted by Crippen LogP contribution is 2.41. The molecule has 0 aliphatic heterocycles. The SMILES string of the molecule is CC(C)c1cc(OC(=O)c2ccccc2)c(OC(=O)c2ccccc2)c(C(C)C)c1.Cc1ccc(C)c(-c2ccccc2C(=O)O)c1-c1ccccc1C(=O)O. The quantitative estimate of drug-likeness (QED) is 0.105. The molecule has 6 aromatic carbocycles. The lowest BCUT2D eigenvalue weighted by Crippen LogP contribution is -2.15. The maximum Gasteiger partial charge on any atom is 0.343 e. The Hall–Kier alpha value is -6.80. The van der Waals surface area contributed by atoms with Gasteiger partial charge in [-0.3, -0.25) is 0 Å². The van der Waals surface area contributed by atoms with Gasteiger partial charge in [-0.05, 0) is 107 Å². The highest BCUT2D eigenvalue weighted by Gasteiger charge is 2.24. The van der Waals surface area contributed by atoms with E-state index < -0.39 is 23.9 Å². The molecule has 2 N–H and O–H groups in total. The van der Waals surface area contributed by atoms with Crippen LogP contribution < -0.4 is 9.47 Å². The van der Waals surface area contributed by atoms with E-state index in [1.807, 2.05) is 58.0 Å². The van der Waals surface area contributed by atoms with Crippen LogP contribution in [0.15, 0.2) is 133 Å². The van der Waals surface area contributed by atoms with Gasteiger partial charge >= 0.3 is 23.9 Å². The molecule has 6 rings (SSSR count). The van der Waals surface area contributed by atoms with Gasteiger partial charge in [-0.25, -0.2) is 19.2 Å². The summed E-state index contributed by atoms with van der Waals surface area (Å²) in [5.74, 6) is -2.20. The van der Waals surface area contributed by atoms with E-state index in [9.17, 15) is 29.4 Å². The molecule has 0 atom stereocenters. The Morgan fingerprint density at radius 2 is 0.911 bits per heavy atom. The summed E-state index contributed by atoms with van der Waals surface area (Å²) in [5.41, 5.74) is 7.50. The highest BCUT2D eigenvalue weighted by molar-refractivity contribution is 6.04. The van der Waals surface area contributed by atoms with Crippen LogP contribution in [0.3, 0.4) is 0 Å². The first-order chi connectivity index (χ1) is 26.8. The minimum absolute atomic E-state index is 0.0662. The van der Waals surface area contributed by atoms with Gasteiger partial charge in [0.2, 0.25) is 0 Å². The van der Waals surface area contributed by atoms with Crippen LogP contribution in [0.2, 0.25) is 0 Å². The van der Waals surface area contributed by atoms with Crippen molar-refractivity contribution in [1.82, 2.24) is 0 Å². The molecule has 0 spiro atoms. The van der Waals surface area contributed by atoms with Crippen molar-refractivity contribution in [2.75, 3.05) is 0 Å². The first kappa shape index (κ1) is 40.4. The lowest BCUT2D eigenvalue weighted by molar-refractivity contribution is 0.0680. The first-order valence-corrected chi connectivity index (χ1v) is 18.3. The predicted molar refractivity (Wildman–Crippen MR) is 218 cm³/mol. The average Bonchev–Trinajstić information content (AvgIpc) is 3.19. The van der Waals surface area contributed by atoms with E-state index >= 15 is 0 Å². The molecule has 284 valence electrons. The fraction of sp³-hybridized carbons (Fsp3) is 0.167. The summed E-state index contributed by atoms with van der Waals surface area (Å²) < 4.78 is 11.5. The van der Waals surface area contributed by atoms with E-state index in [1.165, 1.54) is 0 Å². The van der Waals surface area contributed by atoms with Crippen molar-refractivity contribution in [2.45, 2.75) is 53.4 Å². The highest BCUT2D eigenvalue weighted by atomic mass is 16.6. The number of esters is 2. The van der Waals surface area contributed by atoms with Crippen LogP contribution in [0.1, 0.15) is 103 Å². The molecular formula is C48H44O8. The fourth-order valence-electron chi connectivity index (χ4n) is 6.33. The Morgan fingerprint density at radius 1 is 0.500 bits per heavy atom. The fourth-order valence-corrected chi connectivity index (χ4v) is 6.33. The van der Waals surface area contributed by atoms with Gasteiger partial charge in [0.25, 0.3) is 0 Å². The lowest BCUT2D eigenvalue weighted by Gasteiger charge is -2.20. The minimum Gasteiger partial charge on any atom is -0.478 e. The second kappa shape index (κ2) is 18.0. The number of benzene rings is 6. The van der Waals surface area contributed by atoms with Crippen LogP contribution in [-0.4, -0.2) is 34.1 Å². The Kier molecular flexibility index (Phi) is 13.0. The maximum atomic E-state index is 12.8. The van der Waals surface area contributed by atoms with Crippen molar-refractivity contribution >= 4 is 23.9 Å². The summed E-state index contributed by atoms with van der Waals surface area (Å²) in [5, 5.41) is 19.2. The molecule has 0 aromatic heterocycles. The van der Waals surface area contributed by atoms with E-state index in [1.54, 1.807) is 103 Å². The largest absolute Gasteiger partial charge is 0.478 e. The van der Waals surface area contributed by atoms with Crippen molar-refractivity contribution in [2.24, 2.45) is 0 Å². The molecule has 56 heavy (non-hydrogen) atoms. The number of aromatic carboxylic acids is 2. The van der Waals surface area contributed by atoms with Crippen LogP contribution in [-0.2, 0) is 0 Å². The van der Waals surface area contributed by atoms with Gasteiger partial charge in [0.15, 0.2) is 11.5 Å². The van der Waals surface area contributed by atoms with Crippen LogP contribution >= 0.6 is 0 Å². The summed E-state index contributed by atoms with van der Waals surface area (Å²) in [6.45, 7) is 12.0. The van der Waals surface area contributed by atoms with Crippen LogP contribution in [0.4, 0.5) is 0 Å². The van der Waals surface area contributed by atoms with Gasteiger partial charge in [-0.1, -0.05) is 119 Å². The zero-order valence-electron chi connectivity index (χ0n) is 32.2. The second-order valence-corrected chi connectivity index (χ2v) is 13.9. The van der Waals surface area contributed by atoms with Gasteiger partial charge in [-0.15, -0.1) is 0 Å². The molecule has 0 saturated carbocycles. The van der Waals surface area contributed by atoms with Gasteiger partial charge < -0.3 is 19.7 Å². The van der Waals surface area contributed by atoms with E-state index in [-0.39, 0.29) is 34.5 Å². The van der Waals surface area contributed by atoms with Crippen molar-refractivity contribution in [3.05, 3.63) is 178 Å². The van der Waals surface area contributed by atoms with Gasteiger partial charge in [0.05, 0.1) is 22.3 Å². The number of hydrogen-bond acceptors (Lipinski definition) is 6. The van der Waals surface area contributed by atoms with Gasteiger partial charge in [-0.2, -0.15) is 0 Å². The molecule has 0 radical (unpaired) electrons. The number of rotatable bonds is 10. The Morgan fingerprint density at radius 3 is 1.32 bits per heavy atom. The first-order valence-electron chi connectivity index (χ1n) is 18.3. The monoisotopic (exact) mass is 748 g/mol. The van der Waals surface area contributed by atoms with Crippen molar-refractivity contribution in [1.29, 1.82) is 0 Å². The normalized spacial score (nSPS) is 10.7. The van der Waals surface area contributed by atoms with Crippen molar-refractivity contribution < 1.29 is 38.9 Å². The van der Waals surface area contributed by atoms with Crippen LogP contribution in [0.5, 0.6) is 11.5 Å². The second-order valence-electron chi connectivity index (χ2n) is 13.9. The third-order valence-corrected chi connectivity index (χ3v) is 9.29. The zero-order chi connectivity index (χ0) is 40.5. The Labute approximate surface area is 327 Å². The third-order valence-electron chi connectivity index (χ3n) is 9.29. The molecule has 0 fully saturated rings. The van der Waals surface area contributed by atoms with E-state index in [2.05, 4.69) is 13.8 Å². The van der Waals surface area contributed by atoms with E-state index in [4.69, 9.17) is 9.47 Å². The molecule has 0 bridgehead atoms. The van der Waals surface area contributed by atoms with Gasteiger partial charge in [0.1, 0.15) is 0 Å². The van der Waals surface area contributed by atoms with E-state index in [0.717, 1.165) is 33.4 Å². The van der Waals surface area contributed by atoms with Crippen molar-refractivity contribution in [3.63, 3.8) is 0 Å². The standard InChI is InChI=1S/C26H26O4.C22H18O4/c1-17(2)21-15-22(18(3)4)24(30-26(28)20-13-9-6-10-14-20)23(16-21)29-25(27)19-11-7-5-8-12-19;1-13-11-12-14(2)20(16-8-4-6-10-18(16)22(25)26)19(13)15-7-3-5-9-17(15)21(23)24/h5-18H,1-4H3;3-12H,1-2H3,(H,23,24)(H,25,26). The summed E-state index contributed by atoms with van der Waals surface area (Å²) in [6, 6.07) is 38.8. The number of ether oxygens (including phenoxy) is 2. The molecule has 0 amide bonds. The molecule has 0 heterocycles. The third kappa shape index (κ3) is 9.28. The Balaban J connectivity index is 0.000000216. The topological polar surface area (TPSA) is 127 Å². The van der Waals surface area contributed by atoms with Crippen LogP contribution in [0.25, 0.3) is 22.3 Å². The molecule has 0 aliphatic carbocycles. The molecule has 0 saturated heterocycles.